The summed E-state index contributed by atoms with van der Waals surface area (Å²) in [7, 11) is 0. The summed E-state index contributed by atoms with van der Waals surface area (Å²) in [5, 5.41) is 6.47. The minimum atomic E-state index is -1.38. The van der Waals surface area contributed by atoms with Crippen molar-refractivity contribution in [3.05, 3.63) is 71.8 Å². The van der Waals surface area contributed by atoms with Gasteiger partial charge >= 0.3 is 18.1 Å². The first-order valence-corrected chi connectivity index (χ1v) is 15.0. The van der Waals surface area contributed by atoms with Crippen molar-refractivity contribution in [2.75, 3.05) is 13.2 Å². The number of esters is 1. The maximum absolute atomic E-state index is 14.0. The van der Waals surface area contributed by atoms with E-state index in [2.05, 4.69) is 10.6 Å². The summed E-state index contributed by atoms with van der Waals surface area (Å²) in [6.07, 6.45) is -3.25. The second-order valence-electron chi connectivity index (χ2n) is 10.9. The fourth-order valence-electron chi connectivity index (χ4n) is 4.68. The van der Waals surface area contributed by atoms with E-state index in [0.29, 0.717) is 10.6 Å². The molecule has 0 aliphatic carbocycles. The quantitative estimate of drug-likeness (QED) is 0.158. The molecule has 0 unspecified atom stereocenters. The van der Waals surface area contributed by atoms with E-state index in [1.807, 2.05) is 19.9 Å². The van der Waals surface area contributed by atoms with Crippen LogP contribution in [0.25, 0.3) is 0 Å². The molecule has 1 fully saturated rings. The van der Waals surface area contributed by atoms with Crippen LogP contribution in [0.4, 0.5) is 9.59 Å². The standard InChI is InChI=1S/C32H41N5O9/c1-5-36(37(31(33)42)29(40)25-26(46-25)30(41)44-6-2)28(39)24(18-21-13-9-7-10-14-21)34-27(38)23(17-20(3)4)35-32(43)45-19-22-15-11-8-12-16-22/h7-16,20,23-26H,5-6,17-19H2,1-4H3,(H2,33,42)(H,34,38)(H,35,43)/t23-,24-,25+,26+/m0/s1. The molecular formula is C32H41N5O9. The molecule has 1 heterocycles. The maximum Gasteiger partial charge on any atom is 0.408 e. The summed E-state index contributed by atoms with van der Waals surface area (Å²) >= 11 is 0. The summed E-state index contributed by atoms with van der Waals surface area (Å²) in [5.41, 5.74) is 6.96. The number of amides is 6. The van der Waals surface area contributed by atoms with Crippen molar-refractivity contribution in [2.24, 2.45) is 11.7 Å². The third kappa shape index (κ3) is 10.0. The highest BCUT2D eigenvalue weighted by molar-refractivity contribution is 6.03. The highest BCUT2D eigenvalue weighted by atomic mass is 16.6. The molecule has 0 bridgehead atoms. The molecule has 1 saturated heterocycles. The van der Waals surface area contributed by atoms with Crippen molar-refractivity contribution in [1.82, 2.24) is 20.7 Å². The zero-order valence-corrected chi connectivity index (χ0v) is 26.3. The van der Waals surface area contributed by atoms with E-state index in [1.54, 1.807) is 61.5 Å². The molecule has 248 valence electrons. The number of nitrogens with two attached hydrogens (primary N) is 1. The second kappa shape index (κ2) is 16.9. The normalized spacial score (nSPS) is 16.4. The highest BCUT2D eigenvalue weighted by Gasteiger charge is 2.55. The molecule has 46 heavy (non-hydrogen) atoms. The van der Waals surface area contributed by atoms with E-state index in [0.717, 1.165) is 10.6 Å². The Morgan fingerprint density at radius 1 is 0.848 bits per heavy atom. The molecule has 3 rings (SSSR count). The predicted molar refractivity (Wildman–Crippen MR) is 164 cm³/mol. The molecule has 14 heteroatoms. The number of epoxide rings is 1. The number of nitrogens with zero attached hydrogens (tertiary/aromatic N) is 2. The minimum Gasteiger partial charge on any atom is -0.464 e. The van der Waals surface area contributed by atoms with Crippen LogP contribution in [0.3, 0.4) is 0 Å². The lowest BCUT2D eigenvalue weighted by Crippen LogP contribution is -2.62. The number of primary amides is 1. The first kappa shape index (κ1) is 35.5. The lowest BCUT2D eigenvalue weighted by atomic mass is 10.0. The number of rotatable bonds is 14. The monoisotopic (exact) mass is 639 g/mol. The molecule has 0 aromatic heterocycles. The molecule has 2 aromatic rings. The molecule has 4 N–H and O–H groups in total. The van der Waals surface area contributed by atoms with E-state index in [4.69, 9.17) is 19.9 Å². The molecule has 4 atom stereocenters. The van der Waals surface area contributed by atoms with E-state index >= 15 is 0 Å². The number of imide groups is 1. The Hall–Kier alpha value is -4.98. The van der Waals surface area contributed by atoms with Gasteiger partial charge in [-0.2, -0.15) is 5.01 Å². The second-order valence-corrected chi connectivity index (χ2v) is 10.9. The number of carbonyl (C=O) groups is 6. The lowest BCUT2D eigenvalue weighted by Gasteiger charge is -2.34. The number of hydrazine groups is 1. The maximum atomic E-state index is 14.0. The van der Waals surface area contributed by atoms with Crippen LogP contribution in [-0.4, -0.2) is 83.3 Å². The summed E-state index contributed by atoms with van der Waals surface area (Å²) in [5.74, 6) is -3.38. The van der Waals surface area contributed by atoms with Gasteiger partial charge in [0, 0.05) is 13.0 Å². The van der Waals surface area contributed by atoms with E-state index in [1.165, 1.54) is 6.92 Å². The number of nitrogens with one attached hydrogen (secondary N) is 2. The van der Waals surface area contributed by atoms with E-state index in [-0.39, 0.29) is 38.5 Å². The van der Waals surface area contributed by atoms with Crippen LogP contribution in [-0.2, 0) is 46.4 Å². The molecule has 1 aliphatic heterocycles. The first-order chi connectivity index (χ1) is 22.0. The van der Waals surface area contributed by atoms with Crippen molar-refractivity contribution >= 4 is 35.8 Å². The van der Waals surface area contributed by atoms with Crippen LogP contribution >= 0.6 is 0 Å². The van der Waals surface area contributed by atoms with Gasteiger partial charge in [-0.1, -0.05) is 74.5 Å². The van der Waals surface area contributed by atoms with Gasteiger partial charge in [-0.05, 0) is 37.3 Å². The molecule has 14 nitrogen and oxygen atoms in total. The average Bonchev–Trinajstić information content (AvgIpc) is 3.83. The third-order valence-corrected chi connectivity index (χ3v) is 6.89. The number of hydrogen-bond donors (Lipinski definition) is 3. The smallest absolute Gasteiger partial charge is 0.408 e. The summed E-state index contributed by atoms with van der Waals surface area (Å²) < 4.78 is 15.3. The van der Waals surface area contributed by atoms with Crippen molar-refractivity contribution in [3.8, 4) is 0 Å². The molecule has 2 aromatic carbocycles. The SMILES string of the molecule is CCOC(=O)[C@@H]1O[C@H]1C(=O)N(C(N)=O)N(CC)C(=O)[C@H](Cc1ccccc1)NC(=O)[C@H](CC(C)C)NC(=O)OCc1ccccc1. The predicted octanol–water partition coefficient (Wildman–Crippen LogP) is 2.06. The number of likely N-dealkylation sites (N-methyl/N-ethyl adjacent to an activating group) is 1. The molecule has 6 amide bonds. The van der Waals surface area contributed by atoms with Gasteiger partial charge in [-0.3, -0.25) is 14.4 Å². The van der Waals surface area contributed by atoms with Gasteiger partial charge in [0.05, 0.1) is 6.61 Å². The molecule has 0 radical (unpaired) electrons. The van der Waals surface area contributed by atoms with Crippen LogP contribution in [0.2, 0.25) is 0 Å². The Morgan fingerprint density at radius 2 is 1.46 bits per heavy atom. The van der Waals surface area contributed by atoms with Gasteiger partial charge in [0.2, 0.25) is 5.91 Å². The number of benzene rings is 2. The van der Waals surface area contributed by atoms with Crippen LogP contribution in [0.1, 0.15) is 45.2 Å². The fourth-order valence-corrected chi connectivity index (χ4v) is 4.68. The summed E-state index contributed by atoms with van der Waals surface area (Å²) in [4.78, 5) is 78.1. The third-order valence-electron chi connectivity index (χ3n) is 6.89. The van der Waals surface area contributed by atoms with Gasteiger partial charge in [-0.25, -0.2) is 19.4 Å². The Labute approximate surface area is 267 Å². The zero-order chi connectivity index (χ0) is 33.8. The number of urea groups is 1. The number of hydrogen-bond acceptors (Lipinski definition) is 9. The van der Waals surface area contributed by atoms with E-state index in [9.17, 15) is 28.8 Å². The Bertz CT molecular complexity index is 1370. The van der Waals surface area contributed by atoms with Gasteiger partial charge in [0.15, 0.2) is 12.2 Å². The number of alkyl carbamates (subject to hydrolysis) is 1. The molecular weight excluding hydrogens is 598 g/mol. The van der Waals surface area contributed by atoms with Gasteiger partial charge in [-0.15, -0.1) is 0 Å². The van der Waals surface area contributed by atoms with Gasteiger partial charge in [0.1, 0.15) is 18.7 Å². The largest absolute Gasteiger partial charge is 0.464 e. The molecule has 0 saturated carbocycles. The Balaban J connectivity index is 1.82. The van der Waals surface area contributed by atoms with Crippen LogP contribution in [0.5, 0.6) is 0 Å². The van der Waals surface area contributed by atoms with Crippen molar-refractivity contribution in [1.29, 1.82) is 0 Å². The van der Waals surface area contributed by atoms with Crippen LogP contribution < -0.4 is 16.4 Å². The minimum absolute atomic E-state index is 0.0119. The number of carbonyl (C=O) groups excluding carboxylic acids is 6. The Kier molecular flexibility index (Phi) is 13.1. The van der Waals surface area contributed by atoms with Crippen LogP contribution in [0.15, 0.2) is 60.7 Å². The number of ether oxygens (including phenoxy) is 3. The van der Waals surface area contributed by atoms with Gasteiger partial charge < -0.3 is 30.6 Å². The highest BCUT2D eigenvalue weighted by Crippen LogP contribution is 2.26. The zero-order valence-electron chi connectivity index (χ0n) is 26.3. The summed E-state index contributed by atoms with van der Waals surface area (Å²) in [6.45, 7) is 6.65. The molecule has 0 spiro atoms. The summed E-state index contributed by atoms with van der Waals surface area (Å²) in [6, 6.07) is 14.1. The fraction of sp³-hybridized carbons (Fsp3) is 0.438. The van der Waals surface area contributed by atoms with Gasteiger partial charge in [0.25, 0.3) is 11.8 Å². The Morgan fingerprint density at radius 3 is 2.00 bits per heavy atom. The van der Waals surface area contributed by atoms with Crippen molar-refractivity contribution in [3.63, 3.8) is 0 Å². The lowest BCUT2D eigenvalue weighted by molar-refractivity contribution is -0.159. The topological polar surface area (TPSA) is 190 Å². The van der Waals surface area contributed by atoms with Crippen molar-refractivity contribution < 1.29 is 43.0 Å². The van der Waals surface area contributed by atoms with Crippen LogP contribution in [0, 0.1) is 5.92 Å². The van der Waals surface area contributed by atoms with Crippen molar-refractivity contribution in [2.45, 2.75) is 71.4 Å². The average molecular weight is 640 g/mol. The molecule has 1 aliphatic rings. The first-order valence-electron chi connectivity index (χ1n) is 15.0. The van der Waals surface area contributed by atoms with E-state index < -0.39 is 60.1 Å².